The van der Waals surface area contributed by atoms with E-state index >= 15 is 0 Å². The van der Waals surface area contributed by atoms with E-state index in [1.54, 1.807) is 30.5 Å². The summed E-state index contributed by atoms with van der Waals surface area (Å²) in [5, 5.41) is 9.66. The van der Waals surface area contributed by atoms with E-state index in [-0.39, 0.29) is 11.1 Å². The molecule has 0 bridgehead atoms. The Morgan fingerprint density at radius 1 is 1.22 bits per heavy atom. The zero-order chi connectivity index (χ0) is 16.4. The van der Waals surface area contributed by atoms with E-state index in [4.69, 9.17) is 0 Å². The van der Waals surface area contributed by atoms with Crippen LogP contribution in [0.25, 0.3) is 21.9 Å². The Kier molecular flexibility index (Phi) is 3.84. The number of nitriles is 1. The summed E-state index contributed by atoms with van der Waals surface area (Å²) in [6.45, 7) is 0. The van der Waals surface area contributed by atoms with Gasteiger partial charge in [-0.25, -0.2) is 4.98 Å². The predicted octanol–water partition coefficient (Wildman–Crippen LogP) is 4.77. The number of halogens is 3. The van der Waals surface area contributed by atoms with E-state index in [0.717, 1.165) is 12.1 Å². The number of benzene rings is 1. The highest BCUT2D eigenvalue weighted by Gasteiger charge is 2.30. The molecular weight excluding hydrogens is 323 g/mol. The molecule has 114 valence electrons. The summed E-state index contributed by atoms with van der Waals surface area (Å²) in [7, 11) is 0. The molecule has 0 saturated heterocycles. The van der Waals surface area contributed by atoms with Crippen LogP contribution in [0.5, 0.6) is 0 Å². The second-order valence-electron chi connectivity index (χ2n) is 4.62. The summed E-state index contributed by atoms with van der Waals surface area (Å²) in [4.78, 5) is 8.25. The maximum absolute atomic E-state index is 12.7. The largest absolute Gasteiger partial charge is 0.416 e. The third-order valence-electron chi connectivity index (χ3n) is 3.05. The molecule has 0 N–H and O–H groups in total. The number of hydrogen-bond acceptors (Lipinski definition) is 4. The van der Waals surface area contributed by atoms with Gasteiger partial charge >= 0.3 is 6.18 Å². The van der Waals surface area contributed by atoms with Crippen LogP contribution in [0.3, 0.4) is 0 Å². The van der Waals surface area contributed by atoms with Crippen molar-refractivity contribution in [2.75, 3.05) is 0 Å². The third kappa shape index (κ3) is 3.22. The number of alkyl halides is 3. The summed E-state index contributed by atoms with van der Waals surface area (Å²) < 4.78 is 38.8. The van der Waals surface area contributed by atoms with Gasteiger partial charge in [0.2, 0.25) is 0 Å². The lowest BCUT2D eigenvalue weighted by Crippen LogP contribution is -2.03. The SMILES string of the molecule is N#CC(=Cc1ccccn1)c1nc2cc(C(F)(F)F)ccc2s1. The van der Waals surface area contributed by atoms with Gasteiger partial charge in [0.1, 0.15) is 11.1 Å². The Balaban J connectivity index is 2.06. The molecule has 0 fully saturated rings. The first kappa shape index (κ1) is 15.2. The summed E-state index contributed by atoms with van der Waals surface area (Å²) in [6, 6.07) is 10.7. The van der Waals surface area contributed by atoms with Crippen LogP contribution < -0.4 is 0 Å². The number of thiazole rings is 1. The van der Waals surface area contributed by atoms with Gasteiger partial charge in [-0.1, -0.05) is 6.07 Å². The summed E-state index contributed by atoms with van der Waals surface area (Å²) in [5.74, 6) is 0. The molecule has 3 rings (SSSR count). The maximum Gasteiger partial charge on any atom is 0.416 e. The summed E-state index contributed by atoms with van der Waals surface area (Å²) in [6.07, 6.45) is -1.27. The van der Waals surface area contributed by atoms with Crippen molar-refractivity contribution in [1.29, 1.82) is 5.26 Å². The van der Waals surface area contributed by atoms with Gasteiger partial charge in [-0.15, -0.1) is 11.3 Å². The van der Waals surface area contributed by atoms with Crippen LogP contribution >= 0.6 is 11.3 Å². The highest BCUT2D eigenvalue weighted by atomic mass is 32.1. The summed E-state index contributed by atoms with van der Waals surface area (Å²) >= 11 is 1.17. The minimum absolute atomic E-state index is 0.224. The van der Waals surface area contributed by atoms with Gasteiger partial charge in [-0.05, 0) is 36.4 Å². The van der Waals surface area contributed by atoms with Gasteiger partial charge in [0.25, 0.3) is 0 Å². The van der Waals surface area contributed by atoms with Crippen molar-refractivity contribution in [1.82, 2.24) is 9.97 Å². The second-order valence-corrected chi connectivity index (χ2v) is 5.65. The van der Waals surface area contributed by atoms with Crippen LogP contribution in [0.15, 0.2) is 42.6 Å². The zero-order valence-corrected chi connectivity index (χ0v) is 12.3. The lowest BCUT2D eigenvalue weighted by Gasteiger charge is -2.04. The van der Waals surface area contributed by atoms with Crippen molar-refractivity contribution in [3.63, 3.8) is 0 Å². The van der Waals surface area contributed by atoms with Gasteiger partial charge in [-0.2, -0.15) is 18.4 Å². The number of nitrogens with zero attached hydrogens (tertiary/aromatic N) is 3. The van der Waals surface area contributed by atoms with Crippen LogP contribution in [0.1, 0.15) is 16.3 Å². The highest BCUT2D eigenvalue weighted by molar-refractivity contribution is 7.19. The molecule has 0 atom stereocenters. The molecule has 0 aliphatic carbocycles. The molecule has 3 aromatic rings. The molecule has 0 radical (unpaired) electrons. The maximum atomic E-state index is 12.7. The molecular formula is C16H8F3N3S. The molecule has 0 unspecified atom stereocenters. The third-order valence-corrected chi connectivity index (χ3v) is 4.12. The monoisotopic (exact) mass is 331 g/mol. The van der Waals surface area contributed by atoms with E-state index in [0.29, 0.717) is 15.4 Å². The van der Waals surface area contributed by atoms with Crippen LogP contribution in [0, 0.1) is 11.3 Å². The number of hydrogen-bond donors (Lipinski definition) is 0. The molecule has 23 heavy (non-hydrogen) atoms. The normalized spacial score (nSPS) is 12.3. The first-order chi connectivity index (χ1) is 11.0. The molecule has 2 heterocycles. The van der Waals surface area contributed by atoms with Gasteiger partial charge in [0, 0.05) is 6.20 Å². The van der Waals surface area contributed by atoms with E-state index in [1.807, 2.05) is 6.07 Å². The molecule has 1 aromatic carbocycles. The second kappa shape index (κ2) is 5.82. The van der Waals surface area contributed by atoms with Crippen LogP contribution in [-0.2, 0) is 6.18 Å². The van der Waals surface area contributed by atoms with Gasteiger partial charge in [-0.3, -0.25) is 4.98 Å². The summed E-state index contributed by atoms with van der Waals surface area (Å²) in [5.41, 5.74) is 0.314. The van der Waals surface area contributed by atoms with Gasteiger partial charge in [0.15, 0.2) is 0 Å². The average Bonchev–Trinajstić information content (AvgIpc) is 2.95. The van der Waals surface area contributed by atoms with Crippen molar-refractivity contribution >= 4 is 33.2 Å². The Bertz CT molecular complexity index is 921. The number of allylic oxidation sites excluding steroid dienone is 1. The topological polar surface area (TPSA) is 49.6 Å². The lowest BCUT2D eigenvalue weighted by molar-refractivity contribution is -0.137. The van der Waals surface area contributed by atoms with Gasteiger partial charge in [0.05, 0.1) is 27.0 Å². The highest BCUT2D eigenvalue weighted by Crippen LogP contribution is 2.34. The Morgan fingerprint density at radius 3 is 2.70 bits per heavy atom. The van der Waals surface area contributed by atoms with Crippen molar-refractivity contribution in [2.24, 2.45) is 0 Å². The van der Waals surface area contributed by atoms with E-state index in [1.165, 1.54) is 17.4 Å². The van der Waals surface area contributed by atoms with Crippen molar-refractivity contribution < 1.29 is 13.2 Å². The zero-order valence-electron chi connectivity index (χ0n) is 11.5. The Labute approximate surface area is 133 Å². The number of aromatic nitrogens is 2. The average molecular weight is 331 g/mol. The van der Waals surface area contributed by atoms with Crippen LogP contribution in [0.2, 0.25) is 0 Å². The van der Waals surface area contributed by atoms with Crippen molar-refractivity contribution in [2.45, 2.75) is 6.18 Å². The predicted molar refractivity (Wildman–Crippen MR) is 82.3 cm³/mol. The smallest absolute Gasteiger partial charge is 0.257 e. The first-order valence-electron chi connectivity index (χ1n) is 6.48. The molecule has 3 nitrogen and oxygen atoms in total. The quantitative estimate of drug-likeness (QED) is 0.635. The molecule has 7 heteroatoms. The molecule has 0 saturated carbocycles. The van der Waals surface area contributed by atoms with Crippen LogP contribution in [-0.4, -0.2) is 9.97 Å². The van der Waals surface area contributed by atoms with Crippen LogP contribution in [0.4, 0.5) is 13.2 Å². The van der Waals surface area contributed by atoms with Gasteiger partial charge < -0.3 is 0 Å². The number of fused-ring (bicyclic) bond motifs is 1. The van der Waals surface area contributed by atoms with Crippen molar-refractivity contribution in [3.05, 3.63) is 58.9 Å². The number of rotatable bonds is 2. The fourth-order valence-corrected chi connectivity index (χ4v) is 2.88. The van der Waals surface area contributed by atoms with E-state index in [9.17, 15) is 18.4 Å². The molecule has 0 spiro atoms. The minimum atomic E-state index is -4.42. The minimum Gasteiger partial charge on any atom is -0.257 e. The Morgan fingerprint density at radius 2 is 2.04 bits per heavy atom. The first-order valence-corrected chi connectivity index (χ1v) is 7.30. The standard InChI is InChI=1S/C16H8F3N3S/c17-16(18,19)11-4-5-14-13(8-11)22-15(23-14)10(9-20)7-12-3-1-2-6-21-12/h1-8H. The van der Waals surface area contributed by atoms with E-state index < -0.39 is 11.7 Å². The van der Waals surface area contributed by atoms with Crippen molar-refractivity contribution in [3.8, 4) is 6.07 Å². The molecule has 0 amide bonds. The lowest BCUT2D eigenvalue weighted by atomic mass is 10.2. The molecule has 0 aliphatic heterocycles. The molecule has 2 aromatic heterocycles. The number of pyridine rings is 1. The molecule has 0 aliphatic rings. The Hall–Kier alpha value is -2.72. The fraction of sp³-hybridized carbons (Fsp3) is 0.0625. The van der Waals surface area contributed by atoms with E-state index in [2.05, 4.69) is 9.97 Å². The fourth-order valence-electron chi connectivity index (χ4n) is 1.97.